The van der Waals surface area contributed by atoms with Crippen molar-refractivity contribution in [1.82, 2.24) is 9.80 Å². The van der Waals surface area contributed by atoms with E-state index < -0.39 is 11.4 Å². The maximum atomic E-state index is 11.7. The van der Waals surface area contributed by atoms with E-state index in [1.54, 1.807) is 0 Å². The molecule has 0 aromatic rings. The van der Waals surface area contributed by atoms with E-state index in [-0.39, 0.29) is 0 Å². The topological polar surface area (TPSA) is 53.0 Å². The van der Waals surface area contributed by atoms with Gasteiger partial charge in [-0.25, -0.2) is 0 Å². The number of carboxylic acid groups (broad SMARTS) is 1. The Labute approximate surface area is 127 Å². The highest BCUT2D eigenvalue weighted by Gasteiger charge is 2.43. The lowest BCUT2D eigenvalue weighted by Gasteiger charge is -2.37. The maximum Gasteiger partial charge on any atom is 0.313 e. The minimum absolute atomic E-state index is 0.382. The van der Waals surface area contributed by atoms with Crippen molar-refractivity contribution in [3.8, 4) is 0 Å². The van der Waals surface area contributed by atoms with Gasteiger partial charge in [-0.1, -0.05) is 6.42 Å². The number of rotatable bonds is 4. The number of carbonyl (C=O) groups is 1. The largest absolute Gasteiger partial charge is 0.481 e. The number of hydrogen-bond donors (Lipinski definition) is 1. The Morgan fingerprint density at radius 1 is 1.19 bits per heavy atom. The number of nitrogens with zero attached hydrogens (tertiary/aromatic N) is 2. The van der Waals surface area contributed by atoms with Gasteiger partial charge in [-0.2, -0.15) is 0 Å². The Bertz CT molecular complexity index is 363. The minimum Gasteiger partial charge on any atom is -0.481 e. The molecule has 0 aromatic heterocycles. The third-order valence-corrected chi connectivity index (χ3v) is 5.46. The van der Waals surface area contributed by atoms with E-state index in [9.17, 15) is 9.90 Å². The van der Waals surface area contributed by atoms with Gasteiger partial charge >= 0.3 is 5.97 Å². The summed E-state index contributed by atoms with van der Waals surface area (Å²) < 4.78 is 5.48. The molecule has 2 atom stereocenters. The zero-order valence-corrected chi connectivity index (χ0v) is 12.9. The van der Waals surface area contributed by atoms with E-state index in [1.165, 1.54) is 38.8 Å². The van der Waals surface area contributed by atoms with Crippen LogP contribution in [-0.2, 0) is 9.53 Å². The molecule has 5 heteroatoms. The van der Waals surface area contributed by atoms with E-state index >= 15 is 0 Å². The van der Waals surface area contributed by atoms with Crippen LogP contribution in [0.2, 0.25) is 0 Å². The fourth-order valence-corrected chi connectivity index (χ4v) is 4.18. The molecule has 5 nitrogen and oxygen atoms in total. The number of piperidine rings is 1. The van der Waals surface area contributed by atoms with Gasteiger partial charge < -0.3 is 14.7 Å². The highest BCUT2D eigenvalue weighted by atomic mass is 16.5. The van der Waals surface area contributed by atoms with Crippen molar-refractivity contribution in [2.75, 3.05) is 45.9 Å². The zero-order chi connectivity index (χ0) is 14.7. The lowest BCUT2D eigenvalue weighted by Crippen LogP contribution is -2.49. The quantitative estimate of drug-likeness (QED) is 0.850. The molecule has 0 bridgehead atoms. The zero-order valence-electron chi connectivity index (χ0n) is 12.9. The van der Waals surface area contributed by atoms with E-state index in [0.29, 0.717) is 25.8 Å². The summed E-state index contributed by atoms with van der Waals surface area (Å²) in [5, 5.41) is 9.65. The number of aliphatic carboxylic acids is 1. The minimum atomic E-state index is -0.677. The van der Waals surface area contributed by atoms with Gasteiger partial charge in [-0.15, -0.1) is 0 Å². The van der Waals surface area contributed by atoms with Gasteiger partial charge in [-0.05, 0) is 51.7 Å². The second kappa shape index (κ2) is 6.63. The van der Waals surface area contributed by atoms with E-state index in [2.05, 4.69) is 9.80 Å². The second-order valence-electron chi connectivity index (χ2n) is 7.02. The molecule has 3 saturated heterocycles. The molecule has 3 aliphatic heterocycles. The summed E-state index contributed by atoms with van der Waals surface area (Å²) in [6.07, 6.45) is 6.83. The van der Waals surface area contributed by atoms with Crippen molar-refractivity contribution in [1.29, 1.82) is 0 Å². The molecule has 1 N–H and O–H groups in total. The van der Waals surface area contributed by atoms with Crippen molar-refractivity contribution in [2.45, 2.75) is 44.6 Å². The molecule has 0 spiro atoms. The molecule has 0 aliphatic carbocycles. The van der Waals surface area contributed by atoms with Crippen molar-refractivity contribution in [3.05, 3.63) is 0 Å². The first-order valence-electron chi connectivity index (χ1n) is 8.47. The van der Waals surface area contributed by atoms with Crippen LogP contribution in [0.5, 0.6) is 0 Å². The van der Waals surface area contributed by atoms with Crippen molar-refractivity contribution < 1.29 is 14.6 Å². The van der Waals surface area contributed by atoms with Crippen molar-refractivity contribution >= 4 is 5.97 Å². The van der Waals surface area contributed by atoms with Crippen LogP contribution >= 0.6 is 0 Å². The molecule has 0 aromatic carbocycles. The average molecular weight is 296 g/mol. The Balaban J connectivity index is 1.56. The molecule has 3 fully saturated rings. The molecular weight excluding hydrogens is 268 g/mol. The summed E-state index contributed by atoms with van der Waals surface area (Å²) in [6.45, 7) is 6.29. The predicted molar refractivity (Wildman–Crippen MR) is 80.4 cm³/mol. The fraction of sp³-hybridized carbons (Fsp3) is 0.938. The summed E-state index contributed by atoms with van der Waals surface area (Å²) in [6, 6.07) is 0.639. The van der Waals surface area contributed by atoms with Gasteiger partial charge in [0.05, 0.1) is 6.61 Å². The molecule has 0 amide bonds. The van der Waals surface area contributed by atoms with Gasteiger partial charge in [0, 0.05) is 25.7 Å². The summed E-state index contributed by atoms with van der Waals surface area (Å²) in [4.78, 5) is 16.7. The third-order valence-electron chi connectivity index (χ3n) is 5.46. The molecule has 3 aliphatic rings. The van der Waals surface area contributed by atoms with Gasteiger partial charge in [0.15, 0.2) is 0 Å². The van der Waals surface area contributed by atoms with Crippen molar-refractivity contribution in [3.63, 3.8) is 0 Å². The summed E-state index contributed by atoms with van der Waals surface area (Å²) in [7, 11) is 0. The molecular formula is C16H28N2O3. The van der Waals surface area contributed by atoms with Crippen LogP contribution in [0.15, 0.2) is 0 Å². The standard InChI is InChI=1S/C16H28N2O3/c19-15(20)16(6-4-10-21-13-16)12-17-9-5-14(11-17)18-7-2-1-3-8-18/h14H,1-13H2,(H,19,20). The molecule has 0 saturated carbocycles. The molecule has 3 heterocycles. The first kappa shape index (κ1) is 15.3. The predicted octanol–water partition coefficient (Wildman–Crippen LogP) is 1.43. The normalized spacial score (nSPS) is 35.9. The molecule has 120 valence electrons. The van der Waals surface area contributed by atoms with Crippen LogP contribution < -0.4 is 0 Å². The Morgan fingerprint density at radius 2 is 2.00 bits per heavy atom. The summed E-state index contributed by atoms with van der Waals surface area (Å²) in [5.74, 6) is -0.677. The number of likely N-dealkylation sites (tertiary alicyclic amines) is 2. The lowest BCUT2D eigenvalue weighted by atomic mass is 9.82. The fourth-order valence-electron chi connectivity index (χ4n) is 4.18. The van der Waals surface area contributed by atoms with E-state index in [0.717, 1.165) is 25.9 Å². The highest BCUT2D eigenvalue weighted by Crippen LogP contribution is 2.32. The van der Waals surface area contributed by atoms with E-state index in [4.69, 9.17) is 4.74 Å². The van der Waals surface area contributed by atoms with Crippen LogP contribution in [0.1, 0.15) is 38.5 Å². The Hall–Kier alpha value is -0.650. The third kappa shape index (κ3) is 3.41. The maximum absolute atomic E-state index is 11.7. The second-order valence-corrected chi connectivity index (χ2v) is 7.02. The van der Waals surface area contributed by atoms with Gasteiger partial charge in [0.25, 0.3) is 0 Å². The number of hydrogen-bond acceptors (Lipinski definition) is 4. The smallest absolute Gasteiger partial charge is 0.313 e. The molecule has 3 rings (SSSR count). The average Bonchev–Trinajstić information content (AvgIpc) is 2.97. The van der Waals surface area contributed by atoms with Crippen LogP contribution in [0.3, 0.4) is 0 Å². The molecule has 21 heavy (non-hydrogen) atoms. The Kier molecular flexibility index (Phi) is 4.82. The SMILES string of the molecule is O=C(O)C1(CN2CCC(N3CCCCC3)C2)CCCOC1. The number of carboxylic acids is 1. The summed E-state index contributed by atoms with van der Waals surface area (Å²) in [5.41, 5.74) is -0.672. The first-order chi connectivity index (χ1) is 10.2. The van der Waals surface area contributed by atoms with E-state index in [1.807, 2.05) is 0 Å². The lowest BCUT2D eigenvalue weighted by molar-refractivity contribution is -0.159. The van der Waals surface area contributed by atoms with Crippen LogP contribution in [0.4, 0.5) is 0 Å². The van der Waals surface area contributed by atoms with Gasteiger partial charge in [0.2, 0.25) is 0 Å². The highest BCUT2D eigenvalue weighted by molar-refractivity contribution is 5.75. The summed E-state index contributed by atoms with van der Waals surface area (Å²) >= 11 is 0. The first-order valence-corrected chi connectivity index (χ1v) is 8.47. The molecule has 0 radical (unpaired) electrons. The van der Waals surface area contributed by atoms with Crippen LogP contribution in [0.25, 0.3) is 0 Å². The Morgan fingerprint density at radius 3 is 2.67 bits per heavy atom. The monoisotopic (exact) mass is 296 g/mol. The molecule has 2 unspecified atom stereocenters. The van der Waals surface area contributed by atoms with Gasteiger partial charge in [0.1, 0.15) is 5.41 Å². The van der Waals surface area contributed by atoms with Crippen molar-refractivity contribution in [2.24, 2.45) is 5.41 Å². The van der Waals surface area contributed by atoms with Crippen LogP contribution in [-0.4, -0.2) is 72.9 Å². The van der Waals surface area contributed by atoms with Crippen LogP contribution in [0, 0.1) is 5.41 Å². The van der Waals surface area contributed by atoms with Gasteiger partial charge in [-0.3, -0.25) is 9.69 Å². The number of ether oxygens (including phenoxy) is 1.